The molecule has 2 N–H and O–H groups in total. The van der Waals surface area contributed by atoms with Crippen molar-refractivity contribution in [2.24, 2.45) is 4.99 Å². The summed E-state index contributed by atoms with van der Waals surface area (Å²) in [4.78, 5) is 6.10. The van der Waals surface area contributed by atoms with Crippen LogP contribution in [0.5, 0.6) is 0 Å². The van der Waals surface area contributed by atoms with E-state index in [9.17, 15) is 17.2 Å². The Hall–Kier alpha value is -2.68. The Morgan fingerprint density at radius 3 is 2.47 bits per heavy atom. The van der Waals surface area contributed by atoms with Gasteiger partial charge in [0.15, 0.2) is 15.8 Å². The van der Waals surface area contributed by atoms with E-state index in [0.29, 0.717) is 23.6 Å². The Morgan fingerprint density at radius 2 is 1.80 bits per heavy atom. The molecule has 6 nitrogen and oxygen atoms in total. The second-order valence-corrected chi connectivity index (χ2v) is 9.23. The molecule has 0 aliphatic carbocycles. The number of nitrogens with zero attached hydrogens (tertiary/aromatic N) is 2. The van der Waals surface area contributed by atoms with Crippen LogP contribution < -0.4 is 15.5 Å². The van der Waals surface area contributed by atoms with Gasteiger partial charge in [0, 0.05) is 45.7 Å². The number of sulfone groups is 1. The minimum Gasteiger partial charge on any atom is -0.374 e. The van der Waals surface area contributed by atoms with Crippen LogP contribution in [0.15, 0.2) is 47.5 Å². The van der Waals surface area contributed by atoms with Gasteiger partial charge in [-0.25, -0.2) is 17.2 Å². The zero-order valence-electron chi connectivity index (χ0n) is 17.5. The molecule has 0 fully saturated rings. The summed E-state index contributed by atoms with van der Waals surface area (Å²) >= 11 is 0. The Kier molecular flexibility index (Phi) is 8.58. The topological polar surface area (TPSA) is 73.8 Å². The SMILES string of the molecule is CN=C(NCCCN(C)c1cccc(F)c1)NCc1cc(F)ccc1CS(C)(=O)=O. The Morgan fingerprint density at radius 1 is 1.07 bits per heavy atom. The van der Waals surface area contributed by atoms with Crippen LogP contribution in [0.4, 0.5) is 14.5 Å². The monoisotopic (exact) mass is 438 g/mol. The number of anilines is 1. The van der Waals surface area contributed by atoms with Crippen molar-refractivity contribution in [1.82, 2.24) is 10.6 Å². The molecule has 0 heterocycles. The van der Waals surface area contributed by atoms with Gasteiger partial charge >= 0.3 is 0 Å². The van der Waals surface area contributed by atoms with Crippen molar-refractivity contribution in [3.05, 3.63) is 65.2 Å². The normalized spacial score (nSPS) is 12.0. The summed E-state index contributed by atoms with van der Waals surface area (Å²) in [5.41, 5.74) is 1.93. The quantitative estimate of drug-likeness (QED) is 0.358. The number of hydrogen-bond acceptors (Lipinski definition) is 4. The standard InChI is InChI=1S/C21H28F2N4O2S/c1-24-21(25-10-5-11-27(2)20-7-4-6-18(22)13-20)26-14-17-12-19(23)9-8-16(17)15-30(3,28)29/h4,6-9,12-13H,5,10-11,14-15H2,1-3H3,(H2,24,25,26). The number of rotatable bonds is 9. The number of halogens is 2. The number of benzene rings is 2. The Labute approximate surface area is 176 Å². The molecule has 0 aliphatic heterocycles. The molecular weight excluding hydrogens is 410 g/mol. The lowest BCUT2D eigenvalue weighted by Crippen LogP contribution is -2.38. The lowest BCUT2D eigenvalue weighted by molar-refractivity contribution is 0.599. The van der Waals surface area contributed by atoms with Crippen LogP contribution in [0.25, 0.3) is 0 Å². The highest BCUT2D eigenvalue weighted by molar-refractivity contribution is 7.89. The first-order valence-corrected chi connectivity index (χ1v) is 11.6. The minimum atomic E-state index is -3.23. The lowest BCUT2D eigenvalue weighted by Gasteiger charge is -2.20. The highest BCUT2D eigenvalue weighted by Gasteiger charge is 2.11. The van der Waals surface area contributed by atoms with E-state index in [4.69, 9.17) is 0 Å². The molecule has 2 rings (SSSR count). The van der Waals surface area contributed by atoms with Crippen molar-refractivity contribution >= 4 is 21.5 Å². The van der Waals surface area contributed by atoms with Gasteiger partial charge in [-0.05, 0) is 47.9 Å². The molecule has 0 spiro atoms. The molecule has 164 valence electrons. The second-order valence-electron chi connectivity index (χ2n) is 7.09. The predicted octanol–water partition coefficient (Wildman–Crippen LogP) is 2.70. The largest absolute Gasteiger partial charge is 0.374 e. The number of hydrogen-bond donors (Lipinski definition) is 2. The van der Waals surface area contributed by atoms with Gasteiger partial charge in [-0.1, -0.05) is 12.1 Å². The average molecular weight is 439 g/mol. The minimum absolute atomic E-state index is 0.150. The molecule has 0 saturated carbocycles. The zero-order chi connectivity index (χ0) is 22.1. The average Bonchev–Trinajstić information content (AvgIpc) is 2.68. The van der Waals surface area contributed by atoms with Crippen molar-refractivity contribution in [2.45, 2.75) is 18.7 Å². The van der Waals surface area contributed by atoms with Crippen LogP contribution in [0.1, 0.15) is 17.5 Å². The van der Waals surface area contributed by atoms with Crippen molar-refractivity contribution in [1.29, 1.82) is 0 Å². The predicted molar refractivity (Wildman–Crippen MR) is 117 cm³/mol. The summed E-state index contributed by atoms with van der Waals surface area (Å²) in [7, 11) is 0.288. The first-order chi connectivity index (χ1) is 14.2. The van der Waals surface area contributed by atoms with Gasteiger partial charge in [-0.15, -0.1) is 0 Å². The van der Waals surface area contributed by atoms with Crippen LogP contribution in [-0.2, 0) is 22.1 Å². The second kappa shape index (κ2) is 10.9. The molecule has 0 aliphatic rings. The molecule has 0 saturated heterocycles. The van der Waals surface area contributed by atoms with Gasteiger partial charge in [0.1, 0.15) is 11.6 Å². The maximum atomic E-state index is 13.6. The summed E-state index contributed by atoms with van der Waals surface area (Å²) in [5.74, 6) is -0.317. The van der Waals surface area contributed by atoms with Crippen molar-refractivity contribution < 1.29 is 17.2 Å². The van der Waals surface area contributed by atoms with E-state index < -0.39 is 15.7 Å². The van der Waals surface area contributed by atoms with Gasteiger partial charge in [0.05, 0.1) is 5.75 Å². The van der Waals surface area contributed by atoms with Gasteiger partial charge in [-0.3, -0.25) is 4.99 Å². The number of nitrogens with one attached hydrogen (secondary N) is 2. The molecule has 2 aromatic carbocycles. The summed E-state index contributed by atoms with van der Waals surface area (Å²) in [6.07, 6.45) is 1.93. The number of aliphatic imine (C=N–C) groups is 1. The van der Waals surface area contributed by atoms with E-state index in [1.54, 1.807) is 13.1 Å². The molecule has 0 aromatic heterocycles. The lowest BCUT2D eigenvalue weighted by atomic mass is 10.1. The van der Waals surface area contributed by atoms with Crippen LogP contribution in [0, 0.1) is 11.6 Å². The van der Waals surface area contributed by atoms with Crippen LogP contribution in [-0.4, -0.2) is 47.8 Å². The van der Waals surface area contributed by atoms with E-state index in [-0.39, 0.29) is 18.1 Å². The summed E-state index contributed by atoms with van der Waals surface area (Å²) in [6, 6.07) is 10.5. The molecular formula is C21H28F2N4O2S. The fourth-order valence-electron chi connectivity index (χ4n) is 2.95. The highest BCUT2D eigenvalue weighted by Crippen LogP contribution is 2.15. The maximum absolute atomic E-state index is 13.6. The van der Waals surface area contributed by atoms with Crippen molar-refractivity contribution in [3.8, 4) is 0 Å². The third kappa shape index (κ3) is 7.98. The first-order valence-electron chi connectivity index (χ1n) is 9.54. The van der Waals surface area contributed by atoms with E-state index in [0.717, 1.165) is 24.9 Å². The molecule has 9 heteroatoms. The maximum Gasteiger partial charge on any atom is 0.191 e. The fourth-order valence-corrected chi connectivity index (χ4v) is 3.79. The Balaban J connectivity index is 1.85. The molecule has 0 unspecified atom stereocenters. The summed E-state index contributed by atoms with van der Waals surface area (Å²) in [5, 5.41) is 6.25. The van der Waals surface area contributed by atoms with Crippen molar-refractivity contribution in [2.75, 3.05) is 38.3 Å². The van der Waals surface area contributed by atoms with Gasteiger partial charge in [0.25, 0.3) is 0 Å². The molecule has 0 radical (unpaired) electrons. The molecule has 0 atom stereocenters. The van der Waals surface area contributed by atoms with Gasteiger partial charge in [-0.2, -0.15) is 0 Å². The van der Waals surface area contributed by atoms with Crippen LogP contribution >= 0.6 is 0 Å². The first kappa shape index (κ1) is 23.6. The fraction of sp³-hybridized carbons (Fsp3) is 0.381. The molecule has 30 heavy (non-hydrogen) atoms. The van der Waals surface area contributed by atoms with Crippen LogP contribution in [0.3, 0.4) is 0 Å². The molecule has 0 amide bonds. The molecule has 0 bridgehead atoms. The van der Waals surface area contributed by atoms with E-state index in [1.807, 2.05) is 18.0 Å². The third-order valence-corrected chi connectivity index (χ3v) is 5.30. The van der Waals surface area contributed by atoms with E-state index in [2.05, 4.69) is 15.6 Å². The Bertz CT molecular complexity index is 981. The number of guanidine groups is 1. The highest BCUT2D eigenvalue weighted by atomic mass is 32.2. The smallest absolute Gasteiger partial charge is 0.191 e. The van der Waals surface area contributed by atoms with E-state index >= 15 is 0 Å². The summed E-state index contributed by atoms with van der Waals surface area (Å²) in [6.45, 7) is 1.58. The van der Waals surface area contributed by atoms with Gasteiger partial charge < -0.3 is 15.5 Å². The third-order valence-electron chi connectivity index (χ3n) is 4.47. The summed E-state index contributed by atoms with van der Waals surface area (Å²) < 4.78 is 50.2. The van der Waals surface area contributed by atoms with Gasteiger partial charge in [0.2, 0.25) is 0 Å². The van der Waals surface area contributed by atoms with E-state index in [1.165, 1.54) is 30.3 Å². The van der Waals surface area contributed by atoms with Crippen molar-refractivity contribution in [3.63, 3.8) is 0 Å². The molecule has 2 aromatic rings. The van der Waals surface area contributed by atoms with Crippen LogP contribution in [0.2, 0.25) is 0 Å². The zero-order valence-corrected chi connectivity index (χ0v) is 18.3.